The molecule has 96 valence electrons. The molecule has 6 nitrogen and oxygen atoms in total. The van der Waals surface area contributed by atoms with Crippen molar-refractivity contribution in [2.45, 2.75) is 6.54 Å². The first-order valence-corrected chi connectivity index (χ1v) is 5.52. The first kappa shape index (κ1) is 12.7. The van der Waals surface area contributed by atoms with Crippen LogP contribution >= 0.6 is 11.6 Å². The van der Waals surface area contributed by atoms with Gasteiger partial charge in [0.05, 0.1) is 26.3 Å². The van der Waals surface area contributed by atoms with Gasteiger partial charge < -0.3 is 19.7 Å². The Morgan fingerprint density at radius 3 is 2.67 bits per heavy atom. The molecule has 1 aromatic heterocycles. The highest BCUT2D eigenvalue weighted by molar-refractivity contribution is 6.34. The summed E-state index contributed by atoms with van der Waals surface area (Å²) < 4.78 is 15.3. The number of nitrogens with zero attached hydrogens (tertiary/aromatic N) is 2. The molecule has 0 bridgehead atoms. The van der Waals surface area contributed by atoms with E-state index in [0.29, 0.717) is 33.8 Å². The lowest BCUT2D eigenvalue weighted by Gasteiger charge is -2.10. The van der Waals surface area contributed by atoms with Crippen LogP contribution in [-0.2, 0) is 6.54 Å². The second-order valence-corrected chi connectivity index (χ2v) is 3.76. The highest BCUT2D eigenvalue weighted by atomic mass is 35.5. The minimum absolute atomic E-state index is 0.180. The number of aromatic nitrogens is 2. The van der Waals surface area contributed by atoms with Crippen LogP contribution in [0.15, 0.2) is 16.7 Å². The normalized spacial score (nSPS) is 10.4. The van der Waals surface area contributed by atoms with Gasteiger partial charge in [0.1, 0.15) is 10.8 Å². The monoisotopic (exact) mass is 269 g/mol. The number of benzene rings is 1. The number of methoxy groups -OCH3 is 2. The third-order valence-electron chi connectivity index (χ3n) is 2.37. The average Bonchev–Trinajstić information content (AvgIpc) is 2.87. The Morgan fingerprint density at radius 1 is 1.33 bits per heavy atom. The lowest BCUT2D eigenvalue weighted by molar-refractivity contribution is 0.379. The van der Waals surface area contributed by atoms with E-state index in [1.807, 2.05) is 0 Å². The van der Waals surface area contributed by atoms with Crippen molar-refractivity contribution in [2.75, 3.05) is 14.2 Å². The smallest absolute Gasteiger partial charge is 0.240 e. The maximum absolute atomic E-state index is 6.14. The summed E-state index contributed by atoms with van der Waals surface area (Å²) in [4.78, 5) is 4.12. The maximum Gasteiger partial charge on any atom is 0.240 e. The zero-order valence-corrected chi connectivity index (χ0v) is 10.7. The van der Waals surface area contributed by atoms with Gasteiger partial charge in [-0.15, -0.1) is 0 Å². The Labute approximate surface area is 109 Å². The summed E-state index contributed by atoms with van der Waals surface area (Å²) in [5, 5.41) is 4.17. The van der Waals surface area contributed by atoms with Crippen molar-refractivity contribution in [3.63, 3.8) is 0 Å². The number of ether oxygens (including phenoxy) is 2. The van der Waals surface area contributed by atoms with E-state index in [1.165, 1.54) is 14.2 Å². The van der Waals surface area contributed by atoms with Crippen LogP contribution < -0.4 is 15.2 Å². The maximum atomic E-state index is 6.14. The molecule has 0 atom stereocenters. The second kappa shape index (κ2) is 5.24. The molecule has 1 aromatic carbocycles. The van der Waals surface area contributed by atoms with E-state index in [-0.39, 0.29) is 6.54 Å². The van der Waals surface area contributed by atoms with Crippen LogP contribution in [0.25, 0.3) is 11.4 Å². The van der Waals surface area contributed by atoms with Gasteiger partial charge in [-0.25, -0.2) is 0 Å². The highest BCUT2D eigenvalue weighted by Gasteiger charge is 2.18. The molecule has 2 rings (SSSR count). The van der Waals surface area contributed by atoms with Gasteiger partial charge >= 0.3 is 0 Å². The summed E-state index contributed by atoms with van der Waals surface area (Å²) in [6.07, 6.45) is 0. The third-order valence-corrected chi connectivity index (χ3v) is 2.73. The molecule has 2 N–H and O–H groups in total. The zero-order valence-electron chi connectivity index (χ0n) is 9.94. The van der Waals surface area contributed by atoms with Crippen molar-refractivity contribution in [3.05, 3.63) is 23.0 Å². The van der Waals surface area contributed by atoms with Crippen molar-refractivity contribution < 1.29 is 14.0 Å². The summed E-state index contributed by atoms with van der Waals surface area (Å²) in [6.45, 7) is 0.180. The summed E-state index contributed by atoms with van der Waals surface area (Å²) >= 11 is 6.14. The molecule has 0 unspecified atom stereocenters. The highest BCUT2D eigenvalue weighted by Crippen LogP contribution is 2.40. The molecule has 2 aromatic rings. The van der Waals surface area contributed by atoms with E-state index in [9.17, 15) is 0 Å². The molecule has 0 radical (unpaired) electrons. The van der Waals surface area contributed by atoms with E-state index in [4.69, 9.17) is 31.3 Å². The molecule has 0 saturated carbocycles. The van der Waals surface area contributed by atoms with E-state index >= 15 is 0 Å². The molecule has 0 aliphatic carbocycles. The fourth-order valence-corrected chi connectivity index (χ4v) is 1.84. The van der Waals surface area contributed by atoms with Crippen LogP contribution in [0.3, 0.4) is 0 Å². The topological polar surface area (TPSA) is 83.4 Å². The van der Waals surface area contributed by atoms with Gasteiger partial charge in [-0.1, -0.05) is 16.8 Å². The Balaban J connectivity index is 2.53. The molecular weight excluding hydrogens is 258 g/mol. The summed E-state index contributed by atoms with van der Waals surface area (Å²) in [5.74, 6) is 1.66. The molecule has 0 spiro atoms. The fraction of sp³-hybridized carbons (Fsp3) is 0.273. The van der Waals surface area contributed by atoms with E-state index in [1.54, 1.807) is 12.1 Å². The molecule has 0 saturated heterocycles. The predicted octanol–water partition coefficient (Wildman–Crippen LogP) is 1.87. The van der Waals surface area contributed by atoms with Crippen molar-refractivity contribution in [1.29, 1.82) is 0 Å². The van der Waals surface area contributed by atoms with Crippen molar-refractivity contribution >= 4 is 11.6 Å². The quantitative estimate of drug-likeness (QED) is 0.912. The van der Waals surface area contributed by atoms with Crippen LogP contribution in [0, 0.1) is 0 Å². The lowest BCUT2D eigenvalue weighted by atomic mass is 10.2. The van der Waals surface area contributed by atoms with Crippen LogP contribution in [0.2, 0.25) is 5.02 Å². The van der Waals surface area contributed by atoms with Gasteiger partial charge in [0.2, 0.25) is 11.7 Å². The second-order valence-electron chi connectivity index (χ2n) is 3.38. The zero-order chi connectivity index (χ0) is 13.1. The Kier molecular flexibility index (Phi) is 3.69. The molecular formula is C11H12ClN3O3. The number of nitrogens with two attached hydrogens (primary N) is 1. The number of hydrogen-bond donors (Lipinski definition) is 1. The lowest BCUT2D eigenvalue weighted by Crippen LogP contribution is -1.96. The van der Waals surface area contributed by atoms with Crippen LogP contribution in [0.4, 0.5) is 0 Å². The van der Waals surface area contributed by atoms with Crippen LogP contribution in [0.5, 0.6) is 11.5 Å². The predicted molar refractivity (Wildman–Crippen MR) is 65.7 cm³/mol. The van der Waals surface area contributed by atoms with Crippen molar-refractivity contribution in [3.8, 4) is 22.9 Å². The largest absolute Gasteiger partial charge is 0.495 e. The molecule has 18 heavy (non-hydrogen) atoms. The first-order valence-electron chi connectivity index (χ1n) is 5.14. The average molecular weight is 270 g/mol. The van der Waals surface area contributed by atoms with E-state index in [2.05, 4.69) is 10.1 Å². The summed E-state index contributed by atoms with van der Waals surface area (Å²) in [7, 11) is 3.04. The molecule has 7 heteroatoms. The van der Waals surface area contributed by atoms with E-state index in [0.717, 1.165) is 0 Å². The van der Waals surface area contributed by atoms with Gasteiger partial charge in [-0.3, -0.25) is 0 Å². The van der Waals surface area contributed by atoms with Crippen molar-refractivity contribution in [1.82, 2.24) is 10.1 Å². The van der Waals surface area contributed by atoms with Gasteiger partial charge in [-0.05, 0) is 12.1 Å². The van der Waals surface area contributed by atoms with Crippen LogP contribution in [-0.4, -0.2) is 24.4 Å². The SMILES string of the molecule is COc1ccc(-c2noc(CN)n2)c(OC)c1Cl. The minimum Gasteiger partial charge on any atom is -0.495 e. The Morgan fingerprint density at radius 2 is 2.11 bits per heavy atom. The van der Waals surface area contributed by atoms with E-state index < -0.39 is 0 Å². The number of halogens is 1. The molecule has 0 amide bonds. The van der Waals surface area contributed by atoms with Gasteiger partial charge in [0.15, 0.2) is 5.75 Å². The fourth-order valence-electron chi connectivity index (χ4n) is 1.52. The molecule has 0 aliphatic rings. The van der Waals surface area contributed by atoms with Crippen LogP contribution in [0.1, 0.15) is 5.89 Å². The Bertz CT molecular complexity index is 556. The number of hydrogen-bond acceptors (Lipinski definition) is 6. The molecule has 0 aliphatic heterocycles. The standard InChI is InChI=1S/C11H12ClN3O3/c1-16-7-4-3-6(10(17-2)9(7)12)11-14-8(5-13)18-15-11/h3-4H,5,13H2,1-2H3. The Hall–Kier alpha value is -1.79. The number of rotatable bonds is 4. The third kappa shape index (κ3) is 2.12. The first-order chi connectivity index (χ1) is 8.71. The molecule has 1 heterocycles. The van der Waals surface area contributed by atoms with Crippen molar-refractivity contribution in [2.24, 2.45) is 5.73 Å². The molecule has 0 fully saturated rings. The van der Waals surface area contributed by atoms with Gasteiger partial charge in [0.25, 0.3) is 0 Å². The summed E-state index contributed by atoms with van der Waals surface area (Å²) in [6, 6.07) is 3.45. The minimum atomic E-state index is 0.180. The van der Waals surface area contributed by atoms with Gasteiger partial charge in [0, 0.05) is 0 Å². The van der Waals surface area contributed by atoms with Gasteiger partial charge in [-0.2, -0.15) is 4.98 Å². The summed E-state index contributed by atoms with van der Waals surface area (Å²) in [5.41, 5.74) is 6.03.